The average Bonchev–Trinajstić information content (AvgIpc) is 3.41. The number of aliphatic hydroxyl groups excluding tert-OH is 1. The fourth-order valence-corrected chi connectivity index (χ4v) is 3.81. The number of rotatable bonds is 6. The first-order valence-electron chi connectivity index (χ1n) is 8.26. The highest BCUT2D eigenvalue weighted by molar-refractivity contribution is 7.99. The van der Waals surface area contributed by atoms with Crippen LogP contribution in [0, 0.1) is 18.3 Å². The molecule has 0 atom stereocenters. The number of allylic oxidation sites excluding steroid dienone is 1. The van der Waals surface area contributed by atoms with Crippen molar-refractivity contribution in [2.24, 2.45) is 0 Å². The summed E-state index contributed by atoms with van der Waals surface area (Å²) in [4.78, 5) is 11.8. The molecule has 0 unspecified atom stereocenters. The normalized spacial score (nSPS) is 12.1. The van der Waals surface area contributed by atoms with Crippen molar-refractivity contribution in [3.63, 3.8) is 0 Å². The molecule has 8 nitrogen and oxygen atoms in total. The molecule has 0 spiro atoms. The first kappa shape index (κ1) is 18.2. The molecular weight excluding hydrogens is 396 g/mol. The van der Waals surface area contributed by atoms with E-state index in [9.17, 15) is 10.4 Å². The summed E-state index contributed by atoms with van der Waals surface area (Å²) in [5.74, 6) is 0.777. The number of hydrogen-bond acceptors (Lipinski definition) is 9. The lowest BCUT2D eigenvalue weighted by atomic mass is 10.2. The van der Waals surface area contributed by atoms with E-state index in [0.29, 0.717) is 23.4 Å². The van der Waals surface area contributed by atoms with E-state index in [2.05, 4.69) is 25.1 Å². The number of thiazole rings is 1. The summed E-state index contributed by atoms with van der Waals surface area (Å²) in [6.07, 6.45) is 0.460. The van der Waals surface area contributed by atoms with Gasteiger partial charge in [0.25, 0.3) is 5.22 Å². The number of imidazole rings is 1. The van der Waals surface area contributed by atoms with Crippen LogP contribution in [0.25, 0.3) is 16.6 Å². The van der Waals surface area contributed by atoms with Crippen molar-refractivity contribution in [2.75, 3.05) is 5.75 Å². The maximum Gasteiger partial charge on any atom is 0.277 e. The molecule has 0 saturated heterocycles. The summed E-state index contributed by atoms with van der Waals surface area (Å²) in [5.41, 5.74) is 2.48. The molecule has 10 heteroatoms. The number of H-pyrrole nitrogens is 1. The molecule has 3 heterocycles. The van der Waals surface area contributed by atoms with Gasteiger partial charge in [-0.1, -0.05) is 23.9 Å². The monoisotopic (exact) mass is 410 g/mol. The molecule has 3 aromatic heterocycles. The zero-order chi connectivity index (χ0) is 19.5. The van der Waals surface area contributed by atoms with Crippen molar-refractivity contribution in [3.8, 4) is 6.07 Å². The fourth-order valence-electron chi connectivity index (χ4n) is 2.54. The summed E-state index contributed by atoms with van der Waals surface area (Å²) in [7, 11) is 0. The second-order valence-corrected chi connectivity index (χ2v) is 7.81. The Balaban J connectivity index is 1.46. The van der Waals surface area contributed by atoms with E-state index in [-0.39, 0.29) is 17.1 Å². The Morgan fingerprint density at radius 1 is 1.32 bits per heavy atom. The number of benzene rings is 1. The summed E-state index contributed by atoms with van der Waals surface area (Å²) in [5, 5.41) is 31.0. The highest BCUT2D eigenvalue weighted by Gasteiger charge is 2.15. The Bertz CT molecular complexity index is 1170. The van der Waals surface area contributed by atoms with E-state index in [1.807, 2.05) is 42.6 Å². The maximum atomic E-state index is 10.4. The quantitative estimate of drug-likeness (QED) is 0.279. The number of para-hydroxylation sites is 2. The number of aromatic nitrogens is 5. The summed E-state index contributed by atoms with van der Waals surface area (Å²) >= 11 is 2.72. The number of aryl methyl sites for hydroxylation is 1. The van der Waals surface area contributed by atoms with Crippen LogP contribution in [0.15, 0.2) is 45.0 Å². The minimum absolute atomic E-state index is 0.0846. The van der Waals surface area contributed by atoms with Crippen molar-refractivity contribution in [1.29, 1.82) is 5.26 Å². The number of hydrogen-bond donors (Lipinski definition) is 2. The average molecular weight is 410 g/mol. The van der Waals surface area contributed by atoms with Crippen molar-refractivity contribution >= 4 is 39.7 Å². The molecule has 0 aliphatic rings. The number of thioether (sulfide) groups is 1. The van der Waals surface area contributed by atoms with Gasteiger partial charge in [-0.2, -0.15) is 5.26 Å². The maximum absolute atomic E-state index is 10.4. The summed E-state index contributed by atoms with van der Waals surface area (Å²) < 4.78 is 5.58. The van der Waals surface area contributed by atoms with Crippen LogP contribution in [-0.2, 0) is 6.42 Å². The van der Waals surface area contributed by atoms with Gasteiger partial charge in [-0.15, -0.1) is 21.5 Å². The minimum atomic E-state index is -0.110. The van der Waals surface area contributed by atoms with Crippen molar-refractivity contribution in [1.82, 2.24) is 25.1 Å². The van der Waals surface area contributed by atoms with E-state index >= 15 is 0 Å². The Labute approximate surface area is 168 Å². The second kappa shape index (κ2) is 7.84. The first-order valence-corrected chi connectivity index (χ1v) is 10.1. The van der Waals surface area contributed by atoms with Gasteiger partial charge < -0.3 is 14.5 Å². The van der Waals surface area contributed by atoms with Crippen LogP contribution in [0.1, 0.15) is 22.4 Å². The predicted molar refractivity (Wildman–Crippen MR) is 106 cm³/mol. The van der Waals surface area contributed by atoms with Gasteiger partial charge >= 0.3 is 0 Å². The molecule has 0 bridgehead atoms. The van der Waals surface area contributed by atoms with E-state index in [1.165, 1.54) is 0 Å². The van der Waals surface area contributed by atoms with Gasteiger partial charge in [0, 0.05) is 5.38 Å². The van der Waals surface area contributed by atoms with E-state index in [1.54, 1.807) is 11.3 Å². The fraction of sp³-hybridized carbons (Fsp3) is 0.167. The SMILES string of the molecule is Cc1nc(Cc2nnc(SC/C(O)=C(\C#N)c3nc4ccccc4[nH]3)o2)cs1. The third kappa shape index (κ3) is 3.90. The van der Waals surface area contributed by atoms with Crippen LogP contribution >= 0.6 is 23.1 Å². The zero-order valence-electron chi connectivity index (χ0n) is 14.7. The van der Waals surface area contributed by atoms with Crippen LogP contribution in [0.4, 0.5) is 0 Å². The van der Waals surface area contributed by atoms with Gasteiger partial charge in [0.1, 0.15) is 17.4 Å². The highest BCUT2D eigenvalue weighted by atomic mass is 32.2. The first-order chi connectivity index (χ1) is 13.6. The Kier molecular flexibility index (Phi) is 5.10. The molecule has 4 aromatic rings. The molecule has 28 heavy (non-hydrogen) atoms. The van der Waals surface area contributed by atoms with Gasteiger partial charge in [0.05, 0.1) is 33.9 Å². The van der Waals surface area contributed by atoms with Crippen LogP contribution in [-0.4, -0.2) is 36.0 Å². The predicted octanol–water partition coefficient (Wildman–Crippen LogP) is 3.89. The molecular formula is C18H14N6O2S2. The minimum Gasteiger partial charge on any atom is -0.510 e. The number of aliphatic hydroxyl groups is 1. The number of fused-ring (bicyclic) bond motifs is 1. The topological polar surface area (TPSA) is 125 Å². The third-order valence-corrected chi connectivity index (χ3v) is 5.46. The van der Waals surface area contributed by atoms with E-state index in [4.69, 9.17) is 4.42 Å². The molecule has 0 aliphatic carbocycles. The number of nitrogens with one attached hydrogen (secondary N) is 1. The standard InChI is InChI=1S/C18H14N6O2S2/c1-10-20-11(8-27-10)6-16-23-24-18(26-16)28-9-15(25)12(7-19)17-21-13-4-2-3-5-14(13)22-17/h2-5,8,25H,6,9H2,1H3,(H,21,22)/b15-12-. The smallest absolute Gasteiger partial charge is 0.277 e. The van der Waals surface area contributed by atoms with Crippen LogP contribution in [0.5, 0.6) is 0 Å². The lowest BCUT2D eigenvalue weighted by molar-refractivity contribution is 0.411. The number of aromatic amines is 1. The second-order valence-electron chi connectivity index (χ2n) is 5.82. The van der Waals surface area contributed by atoms with Gasteiger partial charge in [-0.05, 0) is 19.1 Å². The Morgan fingerprint density at radius 2 is 2.18 bits per heavy atom. The molecule has 1 aromatic carbocycles. The van der Waals surface area contributed by atoms with Crippen LogP contribution in [0.3, 0.4) is 0 Å². The number of nitrogens with zero attached hydrogens (tertiary/aromatic N) is 5. The highest BCUT2D eigenvalue weighted by Crippen LogP contribution is 2.24. The van der Waals surface area contributed by atoms with E-state index in [0.717, 1.165) is 33.5 Å². The molecule has 0 aliphatic heterocycles. The Morgan fingerprint density at radius 3 is 2.93 bits per heavy atom. The van der Waals surface area contributed by atoms with Crippen molar-refractivity contribution < 1.29 is 9.52 Å². The Hall–Kier alpha value is -3.16. The molecule has 0 amide bonds. The van der Waals surface area contributed by atoms with Crippen molar-refractivity contribution in [2.45, 2.75) is 18.6 Å². The van der Waals surface area contributed by atoms with Gasteiger partial charge in [-0.25, -0.2) is 9.97 Å². The lowest BCUT2D eigenvalue weighted by Crippen LogP contribution is -1.95. The van der Waals surface area contributed by atoms with Gasteiger partial charge in [0.2, 0.25) is 5.89 Å². The molecule has 4 rings (SSSR count). The lowest BCUT2D eigenvalue weighted by Gasteiger charge is -2.00. The van der Waals surface area contributed by atoms with Crippen LogP contribution in [0.2, 0.25) is 0 Å². The van der Waals surface area contributed by atoms with Gasteiger partial charge in [-0.3, -0.25) is 0 Å². The molecule has 0 radical (unpaired) electrons. The molecule has 0 fully saturated rings. The molecule has 140 valence electrons. The number of nitriles is 1. The largest absolute Gasteiger partial charge is 0.510 e. The summed E-state index contributed by atoms with van der Waals surface area (Å²) in [6, 6.07) is 9.43. The zero-order valence-corrected chi connectivity index (χ0v) is 16.3. The third-order valence-electron chi connectivity index (χ3n) is 3.81. The molecule has 0 saturated carbocycles. The van der Waals surface area contributed by atoms with Gasteiger partial charge in [0.15, 0.2) is 5.82 Å². The van der Waals surface area contributed by atoms with Crippen molar-refractivity contribution in [3.05, 3.63) is 57.8 Å². The van der Waals surface area contributed by atoms with E-state index < -0.39 is 0 Å². The summed E-state index contributed by atoms with van der Waals surface area (Å²) in [6.45, 7) is 1.94. The van der Waals surface area contributed by atoms with Crippen LogP contribution < -0.4 is 0 Å². The molecule has 2 N–H and O–H groups in total.